The summed E-state index contributed by atoms with van der Waals surface area (Å²) in [7, 11) is 0. The van der Waals surface area contributed by atoms with E-state index in [4.69, 9.17) is 19.4 Å². The van der Waals surface area contributed by atoms with Gasteiger partial charge in [-0.3, -0.25) is 4.79 Å². The van der Waals surface area contributed by atoms with Crippen molar-refractivity contribution in [1.29, 1.82) is 0 Å². The number of nitrogens with zero attached hydrogens (tertiary/aromatic N) is 4. The molecule has 5 rings (SSSR count). The molecule has 0 saturated carbocycles. The lowest BCUT2D eigenvalue weighted by Gasteiger charge is -2.34. The summed E-state index contributed by atoms with van der Waals surface area (Å²) >= 11 is 0. The van der Waals surface area contributed by atoms with E-state index < -0.39 is 0 Å². The summed E-state index contributed by atoms with van der Waals surface area (Å²) in [5.41, 5.74) is 3.55. The molecule has 10 nitrogen and oxygen atoms in total. The van der Waals surface area contributed by atoms with Crippen LogP contribution in [0.3, 0.4) is 0 Å². The summed E-state index contributed by atoms with van der Waals surface area (Å²) in [6.07, 6.45) is 2.10. The van der Waals surface area contributed by atoms with Gasteiger partial charge in [0.1, 0.15) is 11.9 Å². The van der Waals surface area contributed by atoms with Crippen molar-refractivity contribution in [1.82, 2.24) is 20.2 Å². The Balaban J connectivity index is 1.43. The Kier molecular flexibility index (Phi) is 7.10. The summed E-state index contributed by atoms with van der Waals surface area (Å²) < 4.78 is 11.2. The number of ether oxygens (including phenoxy) is 2. The molecule has 0 spiro atoms. The normalized spacial score (nSPS) is 19.9. The average Bonchev–Trinajstić information content (AvgIpc) is 3.43. The van der Waals surface area contributed by atoms with Crippen LogP contribution in [0.2, 0.25) is 0 Å². The zero-order valence-corrected chi connectivity index (χ0v) is 20.1. The first-order valence-electron chi connectivity index (χ1n) is 12.4. The Hall–Kier alpha value is -3.24. The largest absolute Gasteiger partial charge is 0.378 e. The van der Waals surface area contributed by atoms with Crippen LogP contribution >= 0.6 is 0 Å². The van der Waals surface area contributed by atoms with E-state index >= 15 is 0 Å². The fourth-order valence-electron chi connectivity index (χ4n) is 4.78. The molecule has 10 heteroatoms. The summed E-state index contributed by atoms with van der Waals surface area (Å²) in [4.78, 5) is 38.9. The lowest BCUT2D eigenvalue weighted by atomic mass is 10.0. The maximum atomic E-state index is 13.0. The molecule has 186 valence electrons. The molecular formula is C25H32N6O4. The molecule has 2 aromatic rings. The van der Waals surface area contributed by atoms with E-state index in [1.54, 1.807) is 0 Å². The lowest BCUT2D eigenvalue weighted by molar-refractivity contribution is -0.141. The molecule has 1 atom stereocenters. The number of fused-ring (bicyclic) bond motifs is 1. The summed E-state index contributed by atoms with van der Waals surface area (Å²) in [5.74, 6) is 1.60. The van der Waals surface area contributed by atoms with Crippen LogP contribution in [0.5, 0.6) is 0 Å². The Labute approximate surface area is 205 Å². The third-order valence-electron chi connectivity index (χ3n) is 6.61. The minimum atomic E-state index is -0.332. The van der Waals surface area contributed by atoms with Gasteiger partial charge in [-0.25, -0.2) is 14.8 Å². The van der Waals surface area contributed by atoms with Crippen LogP contribution in [0.1, 0.15) is 31.0 Å². The average molecular weight is 481 g/mol. The van der Waals surface area contributed by atoms with Crippen molar-refractivity contribution in [2.75, 3.05) is 56.2 Å². The van der Waals surface area contributed by atoms with Crippen LogP contribution in [-0.2, 0) is 27.2 Å². The second-order valence-electron chi connectivity index (χ2n) is 8.97. The van der Waals surface area contributed by atoms with Gasteiger partial charge in [0.05, 0.1) is 25.5 Å². The molecule has 2 fully saturated rings. The predicted molar refractivity (Wildman–Crippen MR) is 131 cm³/mol. The van der Waals surface area contributed by atoms with Crippen LogP contribution in [0, 0.1) is 0 Å². The van der Waals surface area contributed by atoms with Gasteiger partial charge in [0.25, 0.3) is 5.91 Å². The second kappa shape index (κ2) is 10.6. The first-order valence-corrected chi connectivity index (χ1v) is 12.4. The van der Waals surface area contributed by atoms with Gasteiger partial charge < -0.3 is 29.9 Å². The molecule has 0 aliphatic carbocycles. The maximum Gasteiger partial charge on any atom is 0.319 e. The minimum Gasteiger partial charge on any atom is -0.378 e. The van der Waals surface area contributed by atoms with Crippen molar-refractivity contribution in [2.24, 2.45) is 0 Å². The predicted octanol–water partition coefficient (Wildman–Crippen LogP) is 2.19. The van der Waals surface area contributed by atoms with Gasteiger partial charge in [-0.05, 0) is 50.5 Å². The highest BCUT2D eigenvalue weighted by atomic mass is 16.5. The maximum absolute atomic E-state index is 13.0. The second-order valence-corrected chi connectivity index (χ2v) is 8.97. The SMILES string of the molecule is CCNC(=O)Nc1ccc(-c2nc3c(c(N4CCOCC4)n2)CCN(C(=O)C2CCCO2)C3)cc1. The molecule has 2 N–H and O–H groups in total. The van der Waals surface area contributed by atoms with Crippen LogP contribution in [0.15, 0.2) is 24.3 Å². The van der Waals surface area contributed by atoms with Crippen molar-refractivity contribution >= 4 is 23.4 Å². The number of rotatable bonds is 5. The quantitative estimate of drug-likeness (QED) is 0.675. The Bertz CT molecular complexity index is 1060. The molecule has 4 heterocycles. The number of benzene rings is 1. The minimum absolute atomic E-state index is 0.0574. The molecule has 0 radical (unpaired) electrons. The van der Waals surface area contributed by atoms with Crippen molar-refractivity contribution in [3.05, 3.63) is 35.5 Å². The van der Waals surface area contributed by atoms with E-state index in [1.165, 1.54) is 0 Å². The summed E-state index contributed by atoms with van der Waals surface area (Å²) in [6, 6.07) is 7.26. The number of hydrogen-bond acceptors (Lipinski definition) is 7. The topological polar surface area (TPSA) is 109 Å². The van der Waals surface area contributed by atoms with Crippen molar-refractivity contribution < 1.29 is 19.1 Å². The first-order chi connectivity index (χ1) is 17.1. The molecule has 35 heavy (non-hydrogen) atoms. The van der Waals surface area contributed by atoms with Crippen LogP contribution in [0.25, 0.3) is 11.4 Å². The van der Waals surface area contributed by atoms with E-state index in [1.807, 2.05) is 36.1 Å². The van der Waals surface area contributed by atoms with Crippen LogP contribution < -0.4 is 15.5 Å². The van der Waals surface area contributed by atoms with Gasteiger partial charge in [-0.2, -0.15) is 0 Å². The highest BCUT2D eigenvalue weighted by Gasteiger charge is 2.33. The Morgan fingerprint density at radius 2 is 1.89 bits per heavy atom. The number of amides is 3. The third kappa shape index (κ3) is 5.23. The van der Waals surface area contributed by atoms with E-state index in [0.29, 0.717) is 51.0 Å². The monoisotopic (exact) mass is 480 g/mol. The number of carbonyl (C=O) groups is 2. The molecule has 0 bridgehead atoms. The number of urea groups is 1. The number of morpholine rings is 1. The van der Waals surface area contributed by atoms with Crippen LogP contribution in [-0.4, -0.2) is 78.9 Å². The zero-order valence-electron chi connectivity index (χ0n) is 20.1. The number of anilines is 2. The zero-order chi connectivity index (χ0) is 24.2. The van der Waals surface area contributed by atoms with Crippen molar-refractivity contribution in [3.8, 4) is 11.4 Å². The molecular weight excluding hydrogens is 448 g/mol. The fraction of sp³-hybridized carbons (Fsp3) is 0.520. The molecule has 1 aromatic heterocycles. The highest BCUT2D eigenvalue weighted by Crippen LogP contribution is 2.31. The van der Waals surface area contributed by atoms with E-state index in [0.717, 1.165) is 55.0 Å². The molecule has 1 unspecified atom stereocenters. The van der Waals surface area contributed by atoms with Crippen molar-refractivity contribution in [3.63, 3.8) is 0 Å². The number of carbonyl (C=O) groups excluding carboxylic acids is 2. The lowest BCUT2D eigenvalue weighted by Crippen LogP contribution is -2.43. The fourth-order valence-corrected chi connectivity index (χ4v) is 4.78. The van der Waals surface area contributed by atoms with Gasteiger partial charge in [0.2, 0.25) is 0 Å². The molecule has 3 aliphatic heterocycles. The number of nitrogens with one attached hydrogen (secondary N) is 2. The summed E-state index contributed by atoms with van der Waals surface area (Å²) in [5, 5.41) is 5.53. The molecule has 3 amide bonds. The van der Waals surface area contributed by atoms with Gasteiger partial charge in [-0.15, -0.1) is 0 Å². The number of aromatic nitrogens is 2. The van der Waals surface area contributed by atoms with E-state index in [9.17, 15) is 9.59 Å². The highest BCUT2D eigenvalue weighted by molar-refractivity contribution is 5.89. The van der Waals surface area contributed by atoms with E-state index in [2.05, 4.69) is 15.5 Å². The van der Waals surface area contributed by atoms with Gasteiger partial charge in [-0.1, -0.05) is 0 Å². The first kappa shape index (κ1) is 23.5. The standard InChI is InChI=1S/C25H32N6O4/c1-2-26-25(33)27-18-7-5-17(6-8-18)22-28-20-16-31(24(32)21-4-3-13-35-21)10-9-19(20)23(29-22)30-11-14-34-15-12-30/h5-8,21H,2-4,9-16H2,1H3,(H2,26,27,33). The molecule has 1 aromatic carbocycles. The van der Waals surface area contributed by atoms with Gasteiger partial charge in [0.15, 0.2) is 5.82 Å². The molecule has 3 aliphatic rings. The Morgan fingerprint density at radius 1 is 1.09 bits per heavy atom. The van der Waals surface area contributed by atoms with E-state index in [-0.39, 0.29) is 18.0 Å². The smallest absolute Gasteiger partial charge is 0.319 e. The van der Waals surface area contributed by atoms with Gasteiger partial charge >= 0.3 is 6.03 Å². The third-order valence-corrected chi connectivity index (χ3v) is 6.61. The van der Waals surface area contributed by atoms with Crippen LogP contribution in [0.4, 0.5) is 16.3 Å². The van der Waals surface area contributed by atoms with Gasteiger partial charge in [0, 0.05) is 49.6 Å². The summed E-state index contributed by atoms with van der Waals surface area (Å²) in [6.45, 7) is 7.06. The van der Waals surface area contributed by atoms with Crippen molar-refractivity contribution in [2.45, 2.75) is 38.8 Å². The Morgan fingerprint density at radius 3 is 2.60 bits per heavy atom. The number of hydrogen-bond donors (Lipinski definition) is 2. The molecule has 2 saturated heterocycles.